The Morgan fingerprint density at radius 2 is 1.69 bits per heavy atom. The van der Waals surface area contributed by atoms with Crippen LogP contribution < -0.4 is 5.73 Å². The normalized spacial score (nSPS) is 18.4. The summed E-state index contributed by atoms with van der Waals surface area (Å²) in [7, 11) is 0. The predicted octanol–water partition coefficient (Wildman–Crippen LogP) is 3.49. The van der Waals surface area contributed by atoms with E-state index in [1.54, 1.807) is 0 Å². The molecule has 0 radical (unpaired) electrons. The first-order chi connectivity index (χ1) is 7.67. The number of fused-ring (bicyclic) bond motifs is 1. The minimum atomic E-state index is -0.0426. The summed E-state index contributed by atoms with van der Waals surface area (Å²) < 4.78 is 0. The van der Waals surface area contributed by atoms with Gasteiger partial charge in [-0.25, -0.2) is 0 Å². The van der Waals surface area contributed by atoms with Crippen LogP contribution in [0.25, 0.3) is 10.8 Å². The van der Waals surface area contributed by atoms with Gasteiger partial charge in [0.05, 0.1) is 0 Å². The van der Waals surface area contributed by atoms with Crippen molar-refractivity contribution in [1.29, 1.82) is 0 Å². The maximum Gasteiger partial charge on any atom is 0.0409 e. The minimum absolute atomic E-state index is 0.0426. The fourth-order valence-electron chi connectivity index (χ4n) is 2.52. The second-order valence-corrected chi connectivity index (χ2v) is 5.08. The van der Waals surface area contributed by atoms with Crippen LogP contribution in [0, 0.1) is 6.92 Å². The number of hydrogen-bond donors (Lipinski definition) is 1. The van der Waals surface area contributed by atoms with Crippen LogP contribution in [0.1, 0.15) is 30.4 Å². The van der Waals surface area contributed by atoms with Gasteiger partial charge in [0.1, 0.15) is 0 Å². The summed E-state index contributed by atoms with van der Waals surface area (Å²) in [6, 6.07) is 13.2. The summed E-state index contributed by atoms with van der Waals surface area (Å²) in [5.41, 5.74) is 8.91. The average Bonchev–Trinajstić information content (AvgIpc) is 2.25. The summed E-state index contributed by atoms with van der Waals surface area (Å²) >= 11 is 0. The van der Waals surface area contributed by atoms with Gasteiger partial charge in [-0.05, 0) is 48.6 Å². The van der Waals surface area contributed by atoms with Gasteiger partial charge in [0.15, 0.2) is 0 Å². The molecule has 2 N–H and O–H groups in total. The number of rotatable bonds is 1. The SMILES string of the molecule is Cc1ccc2cc(C3(N)CCC3)ccc2c1. The van der Waals surface area contributed by atoms with E-state index in [-0.39, 0.29) is 5.54 Å². The average molecular weight is 211 g/mol. The van der Waals surface area contributed by atoms with Gasteiger partial charge in [0.25, 0.3) is 0 Å². The maximum atomic E-state index is 6.35. The monoisotopic (exact) mass is 211 g/mol. The summed E-state index contributed by atoms with van der Waals surface area (Å²) in [5.74, 6) is 0. The van der Waals surface area contributed by atoms with Crippen molar-refractivity contribution in [3.8, 4) is 0 Å². The zero-order valence-electron chi connectivity index (χ0n) is 9.66. The molecule has 0 heterocycles. The molecule has 2 aromatic carbocycles. The third-order valence-corrected chi connectivity index (χ3v) is 3.82. The van der Waals surface area contributed by atoms with Crippen molar-refractivity contribution in [2.75, 3.05) is 0 Å². The topological polar surface area (TPSA) is 26.0 Å². The van der Waals surface area contributed by atoms with E-state index in [9.17, 15) is 0 Å². The van der Waals surface area contributed by atoms with Crippen LogP contribution in [-0.2, 0) is 5.54 Å². The van der Waals surface area contributed by atoms with Crippen molar-refractivity contribution in [3.63, 3.8) is 0 Å². The first-order valence-electron chi connectivity index (χ1n) is 5.97. The molecular weight excluding hydrogens is 194 g/mol. The zero-order chi connectivity index (χ0) is 11.2. The molecule has 0 atom stereocenters. The van der Waals surface area contributed by atoms with Crippen LogP contribution >= 0.6 is 0 Å². The molecule has 1 heteroatoms. The highest BCUT2D eigenvalue weighted by atomic mass is 14.8. The number of hydrogen-bond acceptors (Lipinski definition) is 1. The highest BCUT2D eigenvalue weighted by molar-refractivity contribution is 5.84. The van der Waals surface area contributed by atoms with Crippen molar-refractivity contribution < 1.29 is 0 Å². The van der Waals surface area contributed by atoms with E-state index in [1.807, 2.05) is 0 Å². The largest absolute Gasteiger partial charge is 0.321 e. The number of benzene rings is 2. The van der Waals surface area contributed by atoms with Crippen molar-refractivity contribution in [1.82, 2.24) is 0 Å². The molecule has 1 saturated carbocycles. The van der Waals surface area contributed by atoms with E-state index in [2.05, 4.69) is 43.3 Å². The Labute approximate surface area is 96.3 Å². The lowest BCUT2D eigenvalue weighted by Gasteiger charge is -2.38. The van der Waals surface area contributed by atoms with Crippen molar-refractivity contribution in [2.24, 2.45) is 5.73 Å². The van der Waals surface area contributed by atoms with Crippen LogP contribution in [0.5, 0.6) is 0 Å². The van der Waals surface area contributed by atoms with E-state index >= 15 is 0 Å². The van der Waals surface area contributed by atoms with Crippen LogP contribution in [0.4, 0.5) is 0 Å². The molecular formula is C15H17N. The molecule has 1 aliphatic rings. The van der Waals surface area contributed by atoms with Gasteiger partial charge in [-0.3, -0.25) is 0 Å². The molecule has 0 saturated heterocycles. The van der Waals surface area contributed by atoms with Gasteiger partial charge in [0, 0.05) is 5.54 Å². The lowest BCUT2D eigenvalue weighted by Crippen LogP contribution is -2.43. The Hall–Kier alpha value is -1.34. The Balaban J connectivity index is 2.12. The molecule has 1 nitrogen and oxygen atoms in total. The summed E-state index contributed by atoms with van der Waals surface area (Å²) in [4.78, 5) is 0. The molecule has 0 aliphatic heterocycles. The molecule has 16 heavy (non-hydrogen) atoms. The third-order valence-electron chi connectivity index (χ3n) is 3.82. The molecule has 0 unspecified atom stereocenters. The highest BCUT2D eigenvalue weighted by Crippen LogP contribution is 2.39. The Kier molecular flexibility index (Phi) is 2.05. The van der Waals surface area contributed by atoms with Crippen LogP contribution in [0.2, 0.25) is 0 Å². The van der Waals surface area contributed by atoms with Crippen LogP contribution in [0.3, 0.4) is 0 Å². The lowest BCUT2D eigenvalue weighted by molar-refractivity contribution is 0.254. The molecule has 0 amide bonds. The van der Waals surface area contributed by atoms with Gasteiger partial charge in [-0.15, -0.1) is 0 Å². The van der Waals surface area contributed by atoms with E-state index < -0.39 is 0 Å². The zero-order valence-corrected chi connectivity index (χ0v) is 9.66. The van der Waals surface area contributed by atoms with Gasteiger partial charge in [-0.2, -0.15) is 0 Å². The third kappa shape index (κ3) is 1.43. The summed E-state index contributed by atoms with van der Waals surface area (Å²) in [5, 5.41) is 2.62. The van der Waals surface area contributed by atoms with E-state index in [1.165, 1.54) is 28.3 Å². The van der Waals surface area contributed by atoms with Gasteiger partial charge in [-0.1, -0.05) is 35.9 Å². The van der Waals surface area contributed by atoms with Gasteiger partial charge in [0.2, 0.25) is 0 Å². The fourth-order valence-corrected chi connectivity index (χ4v) is 2.52. The fraction of sp³-hybridized carbons (Fsp3) is 0.333. The number of aryl methyl sites for hydroxylation is 1. The smallest absolute Gasteiger partial charge is 0.0409 e. The Morgan fingerprint density at radius 1 is 1.00 bits per heavy atom. The molecule has 0 aromatic heterocycles. The Bertz CT molecular complexity index is 538. The Morgan fingerprint density at radius 3 is 2.38 bits per heavy atom. The van der Waals surface area contributed by atoms with Crippen molar-refractivity contribution >= 4 is 10.8 Å². The molecule has 2 aromatic rings. The van der Waals surface area contributed by atoms with Gasteiger partial charge >= 0.3 is 0 Å². The van der Waals surface area contributed by atoms with Crippen molar-refractivity contribution in [3.05, 3.63) is 47.5 Å². The molecule has 1 aliphatic carbocycles. The molecule has 0 bridgehead atoms. The molecule has 3 rings (SSSR count). The van der Waals surface area contributed by atoms with Crippen molar-refractivity contribution in [2.45, 2.75) is 31.7 Å². The predicted molar refractivity (Wildman–Crippen MR) is 68.4 cm³/mol. The minimum Gasteiger partial charge on any atom is -0.321 e. The van der Waals surface area contributed by atoms with Gasteiger partial charge < -0.3 is 5.73 Å². The standard InChI is InChI=1S/C15H17N/c1-11-3-4-13-10-14(6-5-12(13)9-11)15(16)7-2-8-15/h3-6,9-10H,2,7-8,16H2,1H3. The second kappa shape index (κ2) is 3.33. The quantitative estimate of drug-likeness (QED) is 0.767. The number of nitrogens with two attached hydrogens (primary N) is 1. The maximum absolute atomic E-state index is 6.35. The first-order valence-corrected chi connectivity index (χ1v) is 5.97. The summed E-state index contributed by atoms with van der Waals surface area (Å²) in [6.07, 6.45) is 3.52. The highest BCUT2D eigenvalue weighted by Gasteiger charge is 2.34. The van der Waals surface area contributed by atoms with E-state index in [0.717, 1.165) is 12.8 Å². The van der Waals surface area contributed by atoms with Crippen LogP contribution in [0.15, 0.2) is 36.4 Å². The lowest BCUT2D eigenvalue weighted by atomic mass is 9.72. The van der Waals surface area contributed by atoms with E-state index in [0.29, 0.717) is 0 Å². The molecule has 1 fully saturated rings. The molecule has 0 spiro atoms. The first kappa shape index (κ1) is 9.86. The summed E-state index contributed by atoms with van der Waals surface area (Å²) in [6.45, 7) is 2.13. The van der Waals surface area contributed by atoms with Crippen LogP contribution in [-0.4, -0.2) is 0 Å². The molecule has 82 valence electrons. The second-order valence-electron chi connectivity index (χ2n) is 5.08. The van der Waals surface area contributed by atoms with E-state index in [4.69, 9.17) is 5.73 Å².